The number of hydrogen-bond acceptors (Lipinski definition) is 7. The van der Waals surface area contributed by atoms with Crippen LogP contribution in [0.2, 0.25) is 0 Å². The Kier molecular flexibility index (Phi) is 5.59. The van der Waals surface area contributed by atoms with E-state index in [2.05, 4.69) is 15.8 Å². The van der Waals surface area contributed by atoms with Crippen LogP contribution in [0, 0.1) is 5.92 Å². The molecule has 1 fully saturated rings. The summed E-state index contributed by atoms with van der Waals surface area (Å²) in [6.07, 6.45) is 5.61. The first-order chi connectivity index (χ1) is 14.1. The number of fused-ring (bicyclic) bond motifs is 1. The highest BCUT2D eigenvalue weighted by Crippen LogP contribution is 2.28. The van der Waals surface area contributed by atoms with Crippen LogP contribution in [0.4, 0.5) is 11.8 Å². The third-order valence-corrected chi connectivity index (χ3v) is 5.40. The number of para-hydroxylation sites is 1. The van der Waals surface area contributed by atoms with Crippen molar-refractivity contribution in [2.45, 2.75) is 31.7 Å². The van der Waals surface area contributed by atoms with Gasteiger partial charge in [-0.05, 0) is 43.7 Å². The number of carbonyl (C=O) groups excluding carboxylic acids is 1. The molecule has 8 heteroatoms. The molecule has 8 nitrogen and oxygen atoms in total. The smallest absolute Gasteiger partial charge is 0.289 e. The van der Waals surface area contributed by atoms with Crippen molar-refractivity contribution in [2.75, 3.05) is 30.9 Å². The third-order valence-electron chi connectivity index (χ3n) is 5.40. The normalized spacial score (nSPS) is 19.1. The van der Waals surface area contributed by atoms with Gasteiger partial charge >= 0.3 is 0 Å². The Morgan fingerprint density at radius 2 is 1.93 bits per heavy atom. The highest BCUT2D eigenvalue weighted by atomic mass is 16.5. The molecule has 0 atom stereocenters. The van der Waals surface area contributed by atoms with E-state index in [1.807, 2.05) is 43.3 Å². The minimum atomic E-state index is -0.205. The monoisotopic (exact) mass is 394 g/mol. The zero-order chi connectivity index (χ0) is 20.2. The summed E-state index contributed by atoms with van der Waals surface area (Å²) in [5.74, 6) is 2.11. The first-order valence-corrected chi connectivity index (χ1v) is 9.99. The quantitative estimate of drug-likeness (QED) is 0.663. The fourth-order valence-corrected chi connectivity index (χ4v) is 3.82. The maximum atomic E-state index is 12.0. The maximum Gasteiger partial charge on any atom is 0.289 e. The third kappa shape index (κ3) is 4.47. The van der Waals surface area contributed by atoms with Gasteiger partial charge in [0.05, 0.1) is 11.7 Å². The molecule has 0 unspecified atom stereocenters. The molecule has 1 aliphatic rings. The maximum absolute atomic E-state index is 12.0. The molecular formula is C21H26N6O2. The van der Waals surface area contributed by atoms with Gasteiger partial charge in [0.15, 0.2) is 0 Å². The average molecular weight is 394 g/mol. The number of benzene rings is 1. The lowest BCUT2D eigenvalue weighted by atomic mass is 9.86. The van der Waals surface area contributed by atoms with E-state index >= 15 is 0 Å². The Morgan fingerprint density at radius 1 is 1.14 bits per heavy atom. The molecular weight excluding hydrogens is 368 g/mol. The van der Waals surface area contributed by atoms with Gasteiger partial charge in [-0.1, -0.05) is 17.3 Å². The Morgan fingerprint density at radius 3 is 2.66 bits per heavy atom. The summed E-state index contributed by atoms with van der Waals surface area (Å²) in [5.41, 5.74) is 0.942. The van der Waals surface area contributed by atoms with E-state index in [4.69, 9.17) is 14.5 Å². The van der Waals surface area contributed by atoms with E-state index < -0.39 is 0 Å². The second kappa shape index (κ2) is 8.46. The molecule has 2 heterocycles. The lowest BCUT2D eigenvalue weighted by Crippen LogP contribution is -2.34. The fraction of sp³-hybridized carbons (Fsp3) is 0.429. The van der Waals surface area contributed by atoms with Crippen molar-refractivity contribution in [1.82, 2.24) is 20.4 Å². The number of anilines is 2. The van der Waals surface area contributed by atoms with Gasteiger partial charge < -0.3 is 20.1 Å². The van der Waals surface area contributed by atoms with Crippen LogP contribution < -0.4 is 15.5 Å². The molecule has 152 valence electrons. The Labute approximate surface area is 169 Å². The van der Waals surface area contributed by atoms with Gasteiger partial charge in [0.1, 0.15) is 5.82 Å². The van der Waals surface area contributed by atoms with Crippen molar-refractivity contribution in [3.8, 4) is 0 Å². The van der Waals surface area contributed by atoms with Crippen LogP contribution in [0.25, 0.3) is 10.9 Å². The van der Waals surface area contributed by atoms with Gasteiger partial charge in [-0.15, -0.1) is 0 Å². The van der Waals surface area contributed by atoms with Crippen LogP contribution in [-0.4, -0.2) is 47.7 Å². The van der Waals surface area contributed by atoms with E-state index in [0.29, 0.717) is 24.5 Å². The Balaban J connectivity index is 1.33. The Bertz CT molecular complexity index is 964. The number of nitrogens with zero attached hydrogens (tertiary/aromatic N) is 4. The van der Waals surface area contributed by atoms with E-state index in [1.54, 1.807) is 6.07 Å². The van der Waals surface area contributed by atoms with Crippen molar-refractivity contribution < 1.29 is 9.32 Å². The molecule has 0 spiro atoms. The minimum absolute atomic E-state index is 0.205. The number of hydrogen-bond donors (Lipinski definition) is 2. The molecule has 0 radical (unpaired) electrons. The topological polar surface area (TPSA) is 96.2 Å². The first-order valence-electron chi connectivity index (χ1n) is 9.99. The molecule has 4 rings (SSSR count). The largest absolute Gasteiger partial charge is 0.362 e. The van der Waals surface area contributed by atoms with Crippen molar-refractivity contribution in [1.29, 1.82) is 0 Å². The molecule has 0 bridgehead atoms. The summed E-state index contributed by atoms with van der Waals surface area (Å²) in [6, 6.07) is 9.98. The van der Waals surface area contributed by atoms with Crippen molar-refractivity contribution in [3.63, 3.8) is 0 Å². The van der Waals surface area contributed by atoms with E-state index in [1.165, 1.54) is 6.20 Å². The second-order valence-corrected chi connectivity index (χ2v) is 7.73. The summed E-state index contributed by atoms with van der Waals surface area (Å²) in [6.45, 7) is 0.656. The number of nitrogens with one attached hydrogen (secondary N) is 2. The van der Waals surface area contributed by atoms with Crippen molar-refractivity contribution in [2.24, 2.45) is 5.92 Å². The molecule has 1 amide bonds. The average Bonchev–Trinajstić information content (AvgIpc) is 3.27. The molecule has 2 aromatic heterocycles. The van der Waals surface area contributed by atoms with Crippen molar-refractivity contribution >= 4 is 28.6 Å². The standard InChI is InChI=1S/C21H26N6O2/c1-27(2)19-16-5-3-4-6-17(16)25-21(26-19)24-15-9-7-14(8-10-15)13-22-20(28)18-11-12-23-29-18/h3-6,11-12,14-15H,7-10,13H2,1-2H3,(H,22,28)(H,24,25,26). The number of carbonyl (C=O) groups is 1. The van der Waals surface area contributed by atoms with E-state index in [-0.39, 0.29) is 11.7 Å². The lowest BCUT2D eigenvalue weighted by Gasteiger charge is -2.29. The highest BCUT2D eigenvalue weighted by molar-refractivity contribution is 5.91. The number of rotatable bonds is 6. The van der Waals surface area contributed by atoms with E-state index in [0.717, 1.165) is 42.4 Å². The molecule has 3 aromatic rings. The zero-order valence-electron chi connectivity index (χ0n) is 16.8. The van der Waals surface area contributed by atoms with Crippen LogP contribution in [0.3, 0.4) is 0 Å². The molecule has 1 aromatic carbocycles. The van der Waals surface area contributed by atoms with Gasteiger partial charge in [0.2, 0.25) is 11.7 Å². The highest BCUT2D eigenvalue weighted by Gasteiger charge is 2.23. The van der Waals surface area contributed by atoms with Gasteiger partial charge in [-0.3, -0.25) is 4.79 Å². The van der Waals surface area contributed by atoms with Crippen LogP contribution in [0.15, 0.2) is 41.1 Å². The zero-order valence-corrected chi connectivity index (χ0v) is 16.8. The van der Waals surface area contributed by atoms with Crippen LogP contribution in [-0.2, 0) is 0 Å². The van der Waals surface area contributed by atoms with E-state index in [9.17, 15) is 4.79 Å². The molecule has 29 heavy (non-hydrogen) atoms. The predicted molar refractivity (Wildman–Crippen MR) is 112 cm³/mol. The molecule has 0 aliphatic heterocycles. The fourth-order valence-electron chi connectivity index (χ4n) is 3.82. The number of amides is 1. The Hall–Kier alpha value is -3.16. The van der Waals surface area contributed by atoms with Crippen LogP contribution in [0.1, 0.15) is 36.2 Å². The summed E-state index contributed by atoms with van der Waals surface area (Å²) in [7, 11) is 3.99. The summed E-state index contributed by atoms with van der Waals surface area (Å²) >= 11 is 0. The first kappa shape index (κ1) is 19.2. The molecule has 0 saturated heterocycles. The minimum Gasteiger partial charge on any atom is -0.362 e. The van der Waals surface area contributed by atoms with Gasteiger partial charge in [0.25, 0.3) is 5.91 Å². The van der Waals surface area contributed by atoms with Crippen molar-refractivity contribution in [3.05, 3.63) is 42.3 Å². The summed E-state index contributed by atoms with van der Waals surface area (Å²) in [5, 5.41) is 11.1. The van der Waals surface area contributed by atoms with Gasteiger partial charge in [-0.25, -0.2) is 4.98 Å². The number of aromatic nitrogens is 3. The predicted octanol–water partition coefficient (Wildman–Crippen LogP) is 3.08. The van der Waals surface area contributed by atoms with Crippen LogP contribution >= 0.6 is 0 Å². The van der Waals surface area contributed by atoms with Gasteiger partial charge in [0, 0.05) is 38.1 Å². The molecule has 1 aliphatic carbocycles. The SMILES string of the molecule is CN(C)c1nc(NC2CCC(CNC(=O)c3ccno3)CC2)nc2ccccc12. The summed E-state index contributed by atoms with van der Waals surface area (Å²) < 4.78 is 4.89. The second-order valence-electron chi connectivity index (χ2n) is 7.73. The van der Waals surface area contributed by atoms with Crippen LogP contribution in [0.5, 0.6) is 0 Å². The lowest BCUT2D eigenvalue weighted by molar-refractivity contribution is 0.0906. The van der Waals surface area contributed by atoms with Gasteiger partial charge in [-0.2, -0.15) is 4.98 Å². The molecule has 2 N–H and O–H groups in total. The summed E-state index contributed by atoms with van der Waals surface area (Å²) in [4.78, 5) is 23.4. The molecule has 1 saturated carbocycles.